The monoisotopic (exact) mass is 590 g/mol. The van der Waals surface area contributed by atoms with E-state index in [1.54, 1.807) is 0 Å². The van der Waals surface area contributed by atoms with Crippen LogP contribution in [0.15, 0.2) is 158 Å². The van der Waals surface area contributed by atoms with Gasteiger partial charge in [-0.05, 0) is 53.6 Å². The van der Waals surface area contributed by atoms with E-state index < -0.39 is 0 Å². The number of hydrogen-bond donors (Lipinski definition) is 0. The van der Waals surface area contributed by atoms with Crippen molar-refractivity contribution >= 4 is 75.1 Å². The summed E-state index contributed by atoms with van der Waals surface area (Å²) in [6.45, 7) is 0. The molecule has 210 valence electrons. The Hall–Kier alpha value is -5.64. The molecule has 0 aliphatic carbocycles. The van der Waals surface area contributed by atoms with Crippen LogP contribution in [0.4, 0.5) is 0 Å². The van der Waals surface area contributed by atoms with E-state index in [-0.39, 0.29) is 0 Å². The van der Waals surface area contributed by atoms with E-state index in [2.05, 4.69) is 167 Å². The number of hydrogen-bond acceptors (Lipinski definition) is 1. The second kappa shape index (κ2) is 9.43. The van der Waals surface area contributed by atoms with Gasteiger partial charge in [-0.1, -0.05) is 115 Å². The summed E-state index contributed by atoms with van der Waals surface area (Å²) >= 11 is 1.91. The van der Waals surface area contributed by atoms with Crippen LogP contribution in [0.5, 0.6) is 0 Å². The molecule has 10 aromatic rings. The Balaban J connectivity index is 1.33. The van der Waals surface area contributed by atoms with Gasteiger partial charge in [0.25, 0.3) is 0 Å². The molecule has 45 heavy (non-hydrogen) atoms. The van der Waals surface area contributed by atoms with Gasteiger partial charge in [-0.3, -0.25) is 0 Å². The predicted molar refractivity (Wildman–Crippen MR) is 193 cm³/mol. The van der Waals surface area contributed by atoms with Crippen molar-refractivity contribution in [2.75, 3.05) is 0 Å². The third kappa shape index (κ3) is 3.50. The largest absolute Gasteiger partial charge is 0.309 e. The van der Waals surface area contributed by atoms with Crippen LogP contribution < -0.4 is 0 Å². The van der Waals surface area contributed by atoms with Gasteiger partial charge >= 0.3 is 0 Å². The molecular weight excluding hydrogens is 565 g/mol. The molecular formula is C42H26N2S. The molecule has 0 aliphatic rings. The highest BCUT2D eigenvalue weighted by molar-refractivity contribution is 7.26. The van der Waals surface area contributed by atoms with Crippen molar-refractivity contribution in [2.24, 2.45) is 0 Å². The molecule has 0 fully saturated rings. The SMILES string of the molecule is c1ccc(-c2ccc(-n3c4ccccc4c4ccc5sc6c(ccc7c8ccccc8n(-c8ccccc8)c76)c5c43)cc2)cc1. The van der Waals surface area contributed by atoms with Gasteiger partial charge in [0.2, 0.25) is 0 Å². The number of benzene rings is 7. The number of fused-ring (bicyclic) bond motifs is 11. The first-order chi connectivity index (χ1) is 22.3. The van der Waals surface area contributed by atoms with Gasteiger partial charge in [-0.2, -0.15) is 0 Å². The molecule has 0 amide bonds. The van der Waals surface area contributed by atoms with Gasteiger partial charge in [0.05, 0.1) is 26.8 Å². The van der Waals surface area contributed by atoms with Gasteiger partial charge in [-0.15, -0.1) is 11.3 Å². The number of aromatic nitrogens is 2. The van der Waals surface area contributed by atoms with Crippen LogP contribution in [-0.2, 0) is 0 Å². The Morgan fingerprint density at radius 1 is 0.356 bits per heavy atom. The molecule has 0 radical (unpaired) electrons. The minimum atomic E-state index is 1.17. The van der Waals surface area contributed by atoms with Crippen molar-refractivity contribution in [3.63, 3.8) is 0 Å². The number of rotatable bonds is 3. The molecule has 0 saturated carbocycles. The summed E-state index contributed by atoms with van der Waals surface area (Å²) < 4.78 is 7.56. The first-order valence-electron chi connectivity index (χ1n) is 15.4. The zero-order valence-electron chi connectivity index (χ0n) is 24.3. The molecule has 0 atom stereocenters. The Morgan fingerprint density at radius 2 is 0.867 bits per heavy atom. The van der Waals surface area contributed by atoms with Crippen molar-refractivity contribution in [3.05, 3.63) is 158 Å². The second-order valence-electron chi connectivity index (χ2n) is 11.7. The average Bonchev–Trinajstić information content (AvgIpc) is 3.77. The molecule has 0 bridgehead atoms. The van der Waals surface area contributed by atoms with E-state index in [1.807, 2.05) is 11.3 Å². The van der Waals surface area contributed by atoms with Crippen LogP contribution in [-0.4, -0.2) is 9.13 Å². The Bertz CT molecular complexity index is 2730. The summed E-state index contributed by atoms with van der Waals surface area (Å²) in [5, 5.41) is 7.77. The Morgan fingerprint density at radius 3 is 1.58 bits per heavy atom. The van der Waals surface area contributed by atoms with E-state index in [1.165, 1.54) is 86.3 Å². The maximum Gasteiger partial charge on any atom is 0.0719 e. The van der Waals surface area contributed by atoms with E-state index in [4.69, 9.17) is 0 Å². The lowest BCUT2D eigenvalue weighted by molar-refractivity contribution is 1.19. The van der Waals surface area contributed by atoms with Crippen LogP contribution >= 0.6 is 11.3 Å². The fourth-order valence-electron chi connectivity index (χ4n) is 7.37. The first-order valence-corrected chi connectivity index (χ1v) is 16.2. The molecule has 0 saturated heterocycles. The van der Waals surface area contributed by atoms with Gasteiger partial charge in [0.15, 0.2) is 0 Å². The lowest BCUT2D eigenvalue weighted by Crippen LogP contribution is -1.94. The van der Waals surface area contributed by atoms with E-state index in [0.29, 0.717) is 0 Å². The minimum absolute atomic E-state index is 1.17. The molecule has 3 heteroatoms. The summed E-state index contributed by atoms with van der Waals surface area (Å²) in [5.41, 5.74) is 9.84. The maximum absolute atomic E-state index is 2.48. The van der Waals surface area contributed by atoms with Crippen molar-refractivity contribution in [1.82, 2.24) is 9.13 Å². The van der Waals surface area contributed by atoms with Gasteiger partial charge < -0.3 is 9.13 Å². The van der Waals surface area contributed by atoms with Crippen LogP contribution in [0.3, 0.4) is 0 Å². The topological polar surface area (TPSA) is 9.86 Å². The molecule has 2 nitrogen and oxygen atoms in total. The summed E-state index contributed by atoms with van der Waals surface area (Å²) in [6.07, 6.45) is 0. The molecule has 0 aliphatic heterocycles. The number of thiophene rings is 1. The summed E-state index contributed by atoms with van der Waals surface area (Å²) in [6, 6.07) is 57.4. The van der Waals surface area contributed by atoms with Crippen LogP contribution in [0.25, 0.3) is 86.3 Å². The zero-order valence-corrected chi connectivity index (χ0v) is 25.1. The van der Waals surface area contributed by atoms with Gasteiger partial charge in [-0.25, -0.2) is 0 Å². The first kappa shape index (κ1) is 24.8. The fraction of sp³-hybridized carbons (Fsp3) is 0. The third-order valence-electron chi connectivity index (χ3n) is 9.32. The molecule has 0 spiro atoms. The van der Waals surface area contributed by atoms with Crippen molar-refractivity contribution in [2.45, 2.75) is 0 Å². The van der Waals surface area contributed by atoms with E-state index in [0.717, 1.165) is 0 Å². The van der Waals surface area contributed by atoms with E-state index in [9.17, 15) is 0 Å². The maximum atomic E-state index is 2.48. The molecule has 7 aromatic carbocycles. The quantitative estimate of drug-likeness (QED) is 0.194. The Kier molecular flexibility index (Phi) is 5.19. The highest BCUT2D eigenvalue weighted by atomic mass is 32.1. The lowest BCUT2D eigenvalue weighted by Gasteiger charge is -2.11. The molecule has 10 rings (SSSR count). The summed E-state index contributed by atoms with van der Waals surface area (Å²) in [5.74, 6) is 0. The van der Waals surface area contributed by atoms with Crippen LogP contribution in [0.2, 0.25) is 0 Å². The van der Waals surface area contributed by atoms with Crippen LogP contribution in [0, 0.1) is 0 Å². The lowest BCUT2D eigenvalue weighted by atomic mass is 10.0. The number of nitrogens with zero attached hydrogens (tertiary/aromatic N) is 2. The van der Waals surface area contributed by atoms with Crippen molar-refractivity contribution in [3.8, 4) is 22.5 Å². The highest BCUT2D eigenvalue weighted by Crippen LogP contribution is 2.47. The molecule has 0 N–H and O–H groups in total. The van der Waals surface area contributed by atoms with Gasteiger partial charge in [0, 0.05) is 48.4 Å². The Labute approximate surface area is 263 Å². The smallest absolute Gasteiger partial charge is 0.0719 e. The zero-order chi connectivity index (χ0) is 29.5. The normalized spacial score (nSPS) is 12.0. The highest BCUT2D eigenvalue weighted by Gasteiger charge is 2.21. The summed E-state index contributed by atoms with van der Waals surface area (Å²) in [4.78, 5) is 0. The molecule has 3 aromatic heterocycles. The third-order valence-corrected chi connectivity index (χ3v) is 10.5. The second-order valence-corrected chi connectivity index (χ2v) is 12.8. The summed E-state index contributed by atoms with van der Waals surface area (Å²) in [7, 11) is 0. The fourth-order valence-corrected chi connectivity index (χ4v) is 8.61. The van der Waals surface area contributed by atoms with Crippen LogP contribution in [0.1, 0.15) is 0 Å². The predicted octanol–water partition coefficient (Wildman–Crippen LogP) is 11.9. The molecule has 0 unspecified atom stereocenters. The number of para-hydroxylation sites is 3. The standard InChI is InChI=1S/C42H26N2S/c1-3-11-27(12-4-1)28-19-21-30(22-20-28)43-36-17-9-7-15-31(36)33-25-26-38-39(40(33)43)35-24-23-34-32-16-8-10-18-37(32)44(41(34)42(35)45-38)29-13-5-2-6-14-29/h1-26H. The van der Waals surface area contributed by atoms with Gasteiger partial charge in [0.1, 0.15) is 0 Å². The van der Waals surface area contributed by atoms with E-state index >= 15 is 0 Å². The van der Waals surface area contributed by atoms with Crippen molar-refractivity contribution < 1.29 is 0 Å². The van der Waals surface area contributed by atoms with Crippen molar-refractivity contribution in [1.29, 1.82) is 0 Å². The average molecular weight is 591 g/mol. The molecule has 3 heterocycles. The minimum Gasteiger partial charge on any atom is -0.309 e.